The van der Waals surface area contributed by atoms with Crippen LogP contribution in [0.4, 0.5) is 10.1 Å². The highest BCUT2D eigenvalue weighted by Gasteiger charge is 2.05. The van der Waals surface area contributed by atoms with Crippen molar-refractivity contribution in [2.24, 2.45) is 0 Å². The van der Waals surface area contributed by atoms with Crippen LogP contribution in [0.1, 0.15) is 11.1 Å². The predicted octanol–water partition coefficient (Wildman–Crippen LogP) is 4.66. The zero-order valence-electron chi connectivity index (χ0n) is 11.5. The second-order valence-corrected chi connectivity index (χ2v) is 6.05. The monoisotopic (exact) mass is 323 g/mol. The molecule has 0 heterocycles. The first kappa shape index (κ1) is 15.9. The van der Waals surface area contributed by atoms with Crippen molar-refractivity contribution < 1.29 is 9.18 Å². The molecular weight excluding hydrogens is 309 g/mol. The van der Waals surface area contributed by atoms with E-state index in [2.05, 4.69) is 11.4 Å². The zero-order valence-corrected chi connectivity index (χ0v) is 13.1. The highest BCUT2D eigenvalue weighted by molar-refractivity contribution is 7.99. The number of anilines is 1. The van der Waals surface area contributed by atoms with Crippen molar-refractivity contribution >= 4 is 35.0 Å². The van der Waals surface area contributed by atoms with Crippen LogP contribution in [-0.4, -0.2) is 11.7 Å². The summed E-state index contributed by atoms with van der Waals surface area (Å²) >= 11 is 7.20. The Morgan fingerprint density at radius 1 is 1.29 bits per heavy atom. The maximum absolute atomic E-state index is 13.0. The lowest BCUT2D eigenvalue weighted by atomic mass is 10.2. The Morgan fingerprint density at radius 2 is 2.10 bits per heavy atom. The van der Waals surface area contributed by atoms with Crippen LogP contribution in [0, 0.1) is 12.7 Å². The average molecular weight is 324 g/mol. The van der Waals surface area contributed by atoms with Crippen LogP contribution in [0.2, 0.25) is 5.02 Å². The van der Waals surface area contributed by atoms with Gasteiger partial charge in [-0.05, 0) is 30.7 Å². The molecule has 110 valence electrons. The minimum absolute atomic E-state index is 0.000198. The maximum Gasteiger partial charge on any atom is 0.234 e. The van der Waals surface area contributed by atoms with Gasteiger partial charge in [0.15, 0.2) is 0 Å². The molecule has 1 amide bonds. The van der Waals surface area contributed by atoms with Gasteiger partial charge in [-0.2, -0.15) is 0 Å². The molecule has 0 unspecified atom stereocenters. The van der Waals surface area contributed by atoms with Crippen molar-refractivity contribution in [1.29, 1.82) is 0 Å². The van der Waals surface area contributed by atoms with E-state index in [9.17, 15) is 9.18 Å². The number of rotatable bonds is 5. The van der Waals surface area contributed by atoms with E-state index in [1.165, 1.54) is 41.1 Å². The molecule has 2 rings (SSSR count). The Balaban J connectivity index is 1.81. The van der Waals surface area contributed by atoms with Gasteiger partial charge in [0.2, 0.25) is 5.91 Å². The largest absolute Gasteiger partial charge is 0.325 e. The molecule has 0 bridgehead atoms. The third-order valence-corrected chi connectivity index (χ3v) is 4.08. The van der Waals surface area contributed by atoms with Crippen molar-refractivity contribution in [3.63, 3.8) is 0 Å². The molecule has 2 aromatic rings. The molecule has 0 saturated heterocycles. The van der Waals surface area contributed by atoms with Crippen LogP contribution in [0.15, 0.2) is 42.5 Å². The van der Waals surface area contributed by atoms with Crippen LogP contribution >= 0.6 is 23.4 Å². The standard InChI is InChI=1S/C16H15ClFNOS/c1-11-3-2-4-12(7-11)9-21-10-16(20)19-13-5-6-15(18)14(17)8-13/h2-8H,9-10H2,1H3,(H,19,20). The Hall–Kier alpha value is -1.52. The fourth-order valence-electron chi connectivity index (χ4n) is 1.83. The summed E-state index contributed by atoms with van der Waals surface area (Å²) in [5.74, 6) is 0.487. The molecule has 0 atom stereocenters. The van der Waals surface area contributed by atoms with Crippen LogP contribution in [-0.2, 0) is 10.5 Å². The van der Waals surface area contributed by atoms with Crippen molar-refractivity contribution in [2.75, 3.05) is 11.1 Å². The lowest BCUT2D eigenvalue weighted by Gasteiger charge is -2.06. The van der Waals surface area contributed by atoms with E-state index in [-0.39, 0.29) is 10.9 Å². The van der Waals surface area contributed by atoms with Gasteiger partial charge in [0.25, 0.3) is 0 Å². The summed E-state index contributed by atoms with van der Waals surface area (Å²) in [6, 6.07) is 12.3. The molecule has 0 aliphatic carbocycles. The lowest BCUT2D eigenvalue weighted by molar-refractivity contribution is -0.113. The van der Waals surface area contributed by atoms with Crippen molar-refractivity contribution in [3.05, 3.63) is 64.4 Å². The first-order chi connectivity index (χ1) is 10.0. The van der Waals surface area contributed by atoms with E-state index >= 15 is 0 Å². The number of aryl methyl sites for hydroxylation is 1. The molecule has 0 radical (unpaired) electrons. The van der Waals surface area contributed by atoms with Crippen LogP contribution in [0.3, 0.4) is 0 Å². The number of halogens is 2. The fraction of sp³-hybridized carbons (Fsp3) is 0.188. The topological polar surface area (TPSA) is 29.1 Å². The van der Waals surface area contributed by atoms with Crippen LogP contribution in [0.25, 0.3) is 0 Å². The number of nitrogens with one attached hydrogen (secondary N) is 1. The number of hydrogen-bond acceptors (Lipinski definition) is 2. The third-order valence-electron chi connectivity index (χ3n) is 2.79. The normalized spacial score (nSPS) is 10.4. The number of benzene rings is 2. The third kappa shape index (κ3) is 5.06. The van der Waals surface area contributed by atoms with Gasteiger partial charge in [-0.15, -0.1) is 11.8 Å². The van der Waals surface area contributed by atoms with Crippen molar-refractivity contribution in [1.82, 2.24) is 0 Å². The number of carbonyl (C=O) groups is 1. The van der Waals surface area contributed by atoms with E-state index in [4.69, 9.17) is 11.6 Å². The smallest absolute Gasteiger partial charge is 0.234 e. The minimum atomic E-state index is -0.497. The van der Waals surface area contributed by atoms with Crippen LogP contribution in [0.5, 0.6) is 0 Å². The molecular formula is C16H15ClFNOS. The van der Waals surface area contributed by atoms with E-state index < -0.39 is 5.82 Å². The second-order valence-electron chi connectivity index (χ2n) is 4.66. The molecule has 0 aliphatic heterocycles. The quantitative estimate of drug-likeness (QED) is 0.867. The summed E-state index contributed by atoms with van der Waals surface area (Å²) in [6.45, 7) is 2.04. The summed E-state index contributed by atoms with van der Waals surface area (Å²) in [6.07, 6.45) is 0. The summed E-state index contributed by atoms with van der Waals surface area (Å²) in [5.41, 5.74) is 2.90. The maximum atomic E-state index is 13.0. The molecule has 0 aliphatic rings. The van der Waals surface area contributed by atoms with E-state index in [0.29, 0.717) is 11.4 Å². The van der Waals surface area contributed by atoms with Gasteiger partial charge in [-0.3, -0.25) is 4.79 Å². The number of carbonyl (C=O) groups excluding carboxylic acids is 1. The molecule has 2 nitrogen and oxygen atoms in total. The second kappa shape index (κ2) is 7.48. The molecule has 0 saturated carbocycles. The van der Waals surface area contributed by atoms with Crippen LogP contribution < -0.4 is 5.32 Å². The highest BCUT2D eigenvalue weighted by Crippen LogP contribution is 2.20. The first-order valence-corrected chi connectivity index (χ1v) is 7.96. The van der Waals surface area contributed by atoms with Gasteiger partial charge < -0.3 is 5.32 Å². The molecule has 0 fully saturated rings. The molecule has 21 heavy (non-hydrogen) atoms. The van der Waals surface area contributed by atoms with Gasteiger partial charge in [0.05, 0.1) is 10.8 Å². The number of hydrogen-bond donors (Lipinski definition) is 1. The fourth-order valence-corrected chi connectivity index (χ4v) is 2.79. The van der Waals surface area contributed by atoms with Gasteiger partial charge >= 0.3 is 0 Å². The van der Waals surface area contributed by atoms with Crippen molar-refractivity contribution in [2.45, 2.75) is 12.7 Å². The number of amides is 1. The summed E-state index contributed by atoms with van der Waals surface area (Å²) in [7, 11) is 0. The van der Waals surface area contributed by atoms with E-state index in [1.54, 1.807) is 0 Å². The predicted molar refractivity (Wildman–Crippen MR) is 87.4 cm³/mol. The molecule has 1 N–H and O–H groups in total. The average Bonchev–Trinajstić information content (AvgIpc) is 2.43. The van der Waals surface area contributed by atoms with Crippen molar-refractivity contribution in [3.8, 4) is 0 Å². The Labute approximate surface area is 132 Å². The SMILES string of the molecule is Cc1cccc(CSCC(=O)Nc2ccc(F)c(Cl)c2)c1. The summed E-state index contributed by atoms with van der Waals surface area (Å²) in [5, 5.41) is 2.70. The van der Waals surface area contributed by atoms with Gasteiger partial charge in [0, 0.05) is 11.4 Å². The Morgan fingerprint density at radius 3 is 2.81 bits per heavy atom. The molecule has 5 heteroatoms. The highest BCUT2D eigenvalue weighted by atomic mass is 35.5. The lowest BCUT2D eigenvalue weighted by Crippen LogP contribution is -2.14. The van der Waals surface area contributed by atoms with Gasteiger partial charge in [-0.25, -0.2) is 4.39 Å². The summed E-state index contributed by atoms with van der Waals surface area (Å²) < 4.78 is 13.0. The minimum Gasteiger partial charge on any atom is -0.325 e. The van der Waals surface area contributed by atoms with E-state index in [1.807, 2.05) is 25.1 Å². The molecule has 0 spiro atoms. The van der Waals surface area contributed by atoms with E-state index in [0.717, 1.165) is 5.75 Å². The molecule has 2 aromatic carbocycles. The Bertz CT molecular complexity index is 648. The van der Waals surface area contributed by atoms with Gasteiger partial charge in [-0.1, -0.05) is 41.4 Å². The zero-order chi connectivity index (χ0) is 15.2. The number of thioether (sulfide) groups is 1. The Kier molecular flexibility index (Phi) is 5.65. The van der Waals surface area contributed by atoms with Gasteiger partial charge in [0.1, 0.15) is 5.82 Å². The summed E-state index contributed by atoms with van der Waals surface area (Å²) in [4.78, 5) is 11.8. The first-order valence-electron chi connectivity index (χ1n) is 6.43. The molecule has 0 aromatic heterocycles.